The molecule has 1 aromatic rings. The topological polar surface area (TPSA) is 44.4 Å². The van der Waals surface area contributed by atoms with Gasteiger partial charge in [-0.05, 0) is 62.7 Å². The Morgan fingerprint density at radius 2 is 1.91 bits per heavy atom. The second-order valence-electron chi connectivity index (χ2n) is 6.97. The number of anilines is 1. The Balaban J connectivity index is 1.33. The molecular weight excluding hydrogens is 286 g/mol. The predicted octanol–water partition coefficient (Wildman–Crippen LogP) is 2.41. The van der Waals surface area contributed by atoms with Gasteiger partial charge < -0.3 is 15.5 Å². The summed E-state index contributed by atoms with van der Waals surface area (Å²) in [6.45, 7) is 5.21. The average Bonchev–Trinajstić information content (AvgIpc) is 3.09. The molecule has 1 atom stereocenters. The van der Waals surface area contributed by atoms with Crippen LogP contribution in [0.5, 0.6) is 0 Å². The van der Waals surface area contributed by atoms with Gasteiger partial charge in [0.1, 0.15) is 0 Å². The third-order valence-corrected chi connectivity index (χ3v) is 5.23. The summed E-state index contributed by atoms with van der Waals surface area (Å²) in [6.07, 6.45) is 5.36. The van der Waals surface area contributed by atoms with Crippen LogP contribution in [-0.4, -0.2) is 38.6 Å². The molecule has 0 spiro atoms. The van der Waals surface area contributed by atoms with E-state index >= 15 is 0 Å². The van der Waals surface area contributed by atoms with Crippen LogP contribution in [-0.2, 0) is 4.79 Å². The molecule has 2 heterocycles. The van der Waals surface area contributed by atoms with E-state index in [4.69, 9.17) is 0 Å². The van der Waals surface area contributed by atoms with Crippen molar-refractivity contribution in [2.45, 2.75) is 32.1 Å². The largest absolute Gasteiger partial charge is 0.371 e. The SMILES string of the molecule is O=C(CCC1CCNCC1)NCC1CCN(c2ccccc2)C1. The standard InChI is InChI=1S/C19H29N3O/c23-19(7-6-16-8-11-20-12-9-16)21-14-17-10-13-22(15-17)18-4-2-1-3-5-18/h1-5,16-17,20H,6-15H2,(H,21,23). The summed E-state index contributed by atoms with van der Waals surface area (Å²) in [5.74, 6) is 1.56. The number of benzene rings is 1. The Labute approximate surface area is 139 Å². The van der Waals surface area contributed by atoms with Crippen molar-refractivity contribution in [3.05, 3.63) is 30.3 Å². The Hall–Kier alpha value is -1.55. The molecule has 4 nitrogen and oxygen atoms in total. The smallest absolute Gasteiger partial charge is 0.220 e. The van der Waals surface area contributed by atoms with Crippen LogP contribution >= 0.6 is 0 Å². The van der Waals surface area contributed by atoms with Gasteiger partial charge in [0.25, 0.3) is 0 Å². The lowest BCUT2D eigenvalue weighted by Gasteiger charge is -2.22. The van der Waals surface area contributed by atoms with Crippen molar-refractivity contribution < 1.29 is 4.79 Å². The maximum absolute atomic E-state index is 12.1. The molecule has 0 aromatic heterocycles. The maximum Gasteiger partial charge on any atom is 0.220 e. The average molecular weight is 315 g/mol. The van der Waals surface area contributed by atoms with Crippen LogP contribution in [0.25, 0.3) is 0 Å². The van der Waals surface area contributed by atoms with E-state index in [2.05, 4.69) is 45.9 Å². The number of hydrogen-bond acceptors (Lipinski definition) is 3. The lowest BCUT2D eigenvalue weighted by atomic mass is 9.93. The van der Waals surface area contributed by atoms with E-state index in [9.17, 15) is 4.79 Å². The number of hydrogen-bond donors (Lipinski definition) is 2. The van der Waals surface area contributed by atoms with Crippen molar-refractivity contribution >= 4 is 11.6 Å². The predicted molar refractivity (Wildman–Crippen MR) is 94.6 cm³/mol. The second kappa shape index (κ2) is 8.34. The zero-order valence-corrected chi connectivity index (χ0v) is 14.0. The lowest BCUT2D eigenvalue weighted by molar-refractivity contribution is -0.121. The number of carbonyl (C=O) groups is 1. The maximum atomic E-state index is 12.1. The highest BCUT2D eigenvalue weighted by Crippen LogP contribution is 2.23. The summed E-state index contributed by atoms with van der Waals surface area (Å²) in [4.78, 5) is 14.5. The van der Waals surface area contributed by atoms with Crippen LogP contribution in [0.1, 0.15) is 32.1 Å². The van der Waals surface area contributed by atoms with Gasteiger partial charge in [0.2, 0.25) is 5.91 Å². The number of rotatable bonds is 6. The van der Waals surface area contributed by atoms with Gasteiger partial charge in [0.15, 0.2) is 0 Å². The van der Waals surface area contributed by atoms with Gasteiger partial charge in [0, 0.05) is 31.7 Å². The van der Waals surface area contributed by atoms with Crippen molar-refractivity contribution in [2.75, 3.05) is 37.6 Å². The molecule has 0 radical (unpaired) electrons. The summed E-state index contributed by atoms with van der Waals surface area (Å²) >= 11 is 0. The number of carbonyl (C=O) groups excluding carboxylic acids is 1. The molecule has 1 unspecified atom stereocenters. The molecule has 2 saturated heterocycles. The Morgan fingerprint density at radius 3 is 2.70 bits per heavy atom. The molecule has 2 N–H and O–H groups in total. The minimum absolute atomic E-state index is 0.238. The van der Waals surface area contributed by atoms with Crippen LogP contribution < -0.4 is 15.5 Å². The number of para-hydroxylation sites is 1. The minimum Gasteiger partial charge on any atom is -0.371 e. The Morgan fingerprint density at radius 1 is 1.13 bits per heavy atom. The van der Waals surface area contributed by atoms with E-state index < -0.39 is 0 Å². The molecule has 3 rings (SSSR count). The van der Waals surface area contributed by atoms with Crippen LogP contribution in [0.3, 0.4) is 0 Å². The van der Waals surface area contributed by atoms with Crippen molar-refractivity contribution in [3.63, 3.8) is 0 Å². The van der Waals surface area contributed by atoms with Crippen molar-refractivity contribution in [2.24, 2.45) is 11.8 Å². The van der Waals surface area contributed by atoms with Gasteiger partial charge >= 0.3 is 0 Å². The molecule has 126 valence electrons. The van der Waals surface area contributed by atoms with Crippen LogP contribution in [0.2, 0.25) is 0 Å². The van der Waals surface area contributed by atoms with Crippen molar-refractivity contribution in [1.82, 2.24) is 10.6 Å². The van der Waals surface area contributed by atoms with E-state index in [1.807, 2.05) is 0 Å². The highest BCUT2D eigenvalue weighted by atomic mass is 16.1. The number of nitrogens with zero attached hydrogens (tertiary/aromatic N) is 1. The molecule has 2 fully saturated rings. The molecule has 1 aromatic carbocycles. The summed E-state index contributed by atoms with van der Waals surface area (Å²) in [7, 11) is 0. The summed E-state index contributed by atoms with van der Waals surface area (Å²) in [6, 6.07) is 10.6. The zero-order chi connectivity index (χ0) is 15.9. The summed E-state index contributed by atoms with van der Waals surface area (Å²) in [5, 5.41) is 6.53. The highest BCUT2D eigenvalue weighted by molar-refractivity contribution is 5.75. The minimum atomic E-state index is 0.238. The van der Waals surface area contributed by atoms with Gasteiger partial charge in [0.05, 0.1) is 0 Å². The fourth-order valence-corrected chi connectivity index (χ4v) is 3.72. The molecule has 0 bridgehead atoms. The fraction of sp³-hybridized carbons (Fsp3) is 0.632. The van der Waals surface area contributed by atoms with Crippen LogP contribution in [0.15, 0.2) is 30.3 Å². The quantitative estimate of drug-likeness (QED) is 0.847. The van der Waals surface area contributed by atoms with Gasteiger partial charge in [-0.25, -0.2) is 0 Å². The fourth-order valence-electron chi connectivity index (χ4n) is 3.72. The van der Waals surface area contributed by atoms with E-state index in [0.717, 1.165) is 45.1 Å². The van der Waals surface area contributed by atoms with Crippen LogP contribution in [0, 0.1) is 11.8 Å². The highest BCUT2D eigenvalue weighted by Gasteiger charge is 2.23. The molecular formula is C19H29N3O. The summed E-state index contributed by atoms with van der Waals surface area (Å²) < 4.78 is 0. The van der Waals surface area contributed by atoms with Gasteiger partial charge in [-0.3, -0.25) is 4.79 Å². The van der Waals surface area contributed by atoms with Gasteiger partial charge in [-0.15, -0.1) is 0 Å². The lowest BCUT2D eigenvalue weighted by Crippen LogP contribution is -2.32. The molecule has 1 amide bonds. The molecule has 23 heavy (non-hydrogen) atoms. The van der Waals surface area contributed by atoms with E-state index in [1.54, 1.807) is 0 Å². The number of amides is 1. The third kappa shape index (κ3) is 4.96. The van der Waals surface area contributed by atoms with Crippen molar-refractivity contribution in [3.8, 4) is 0 Å². The summed E-state index contributed by atoms with van der Waals surface area (Å²) in [5.41, 5.74) is 1.30. The van der Waals surface area contributed by atoms with E-state index in [-0.39, 0.29) is 5.91 Å². The third-order valence-electron chi connectivity index (χ3n) is 5.23. The Kier molecular flexibility index (Phi) is 5.92. The first-order valence-corrected chi connectivity index (χ1v) is 9.08. The van der Waals surface area contributed by atoms with E-state index in [1.165, 1.54) is 24.9 Å². The Bertz CT molecular complexity index is 485. The van der Waals surface area contributed by atoms with Crippen molar-refractivity contribution in [1.29, 1.82) is 0 Å². The molecule has 2 aliphatic rings. The normalized spacial score (nSPS) is 22.3. The monoisotopic (exact) mass is 315 g/mol. The molecule has 0 aliphatic carbocycles. The molecule has 4 heteroatoms. The first kappa shape index (κ1) is 16.3. The second-order valence-corrected chi connectivity index (χ2v) is 6.97. The van der Waals surface area contributed by atoms with Crippen LogP contribution in [0.4, 0.5) is 5.69 Å². The van der Waals surface area contributed by atoms with Gasteiger partial charge in [-0.1, -0.05) is 18.2 Å². The molecule has 0 saturated carbocycles. The number of nitrogens with one attached hydrogen (secondary N) is 2. The first-order chi connectivity index (χ1) is 11.3. The first-order valence-electron chi connectivity index (χ1n) is 9.08. The molecule has 2 aliphatic heterocycles. The number of piperidine rings is 1. The zero-order valence-electron chi connectivity index (χ0n) is 14.0. The van der Waals surface area contributed by atoms with E-state index in [0.29, 0.717) is 12.3 Å². The van der Waals surface area contributed by atoms with Gasteiger partial charge in [-0.2, -0.15) is 0 Å².